The number of nitrogens with one attached hydrogen (secondary N) is 1. The number of amides is 1. The molecule has 1 aromatic carbocycles. The first kappa shape index (κ1) is 16.1. The summed E-state index contributed by atoms with van der Waals surface area (Å²) in [5.41, 5.74) is 0.458. The van der Waals surface area contributed by atoms with Crippen LogP contribution in [0.2, 0.25) is 0 Å². The highest BCUT2D eigenvalue weighted by molar-refractivity contribution is 5.96. The Hall–Kier alpha value is -2.74. The zero-order valence-electron chi connectivity index (χ0n) is 13.0. The molecule has 1 atom stereocenters. The Kier molecular flexibility index (Phi) is 4.57. The SMILES string of the molecule is O=C(c1[nH]ncc1[N+](=O)[O-])N1CCC(C(O)c2ccccc2)CC1. The van der Waals surface area contributed by atoms with E-state index in [1.807, 2.05) is 30.3 Å². The predicted octanol–water partition coefficient (Wildman–Crippen LogP) is 1.90. The predicted molar refractivity (Wildman–Crippen MR) is 85.3 cm³/mol. The maximum Gasteiger partial charge on any atom is 0.319 e. The van der Waals surface area contributed by atoms with Gasteiger partial charge in [0.2, 0.25) is 5.69 Å². The molecule has 24 heavy (non-hydrogen) atoms. The maximum atomic E-state index is 12.4. The fraction of sp³-hybridized carbons (Fsp3) is 0.375. The minimum absolute atomic E-state index is 0.0632. The fourth-order valence-electron chi connectivity index (χ4n) is 3.07. The molecule has 2 heterocycles. The van der Waals surface area contributed by atoms with Gasteiger partial charge in [-0.25, -0.2) is 0 Å². The number of H-pyrrole nitrogens is 1. The van der Waals surface area contributed by atoms with Crippen molar-refractivity contribution in [2.75, 3.05) is 13.1 Å². The van der Waals surface area contributed by atoms with E-state index in [4.69, 9.17) is 0 Å². The van der Waals surface area contributed by atoms with Crippen LogP contribution in [0.3, 0.4) is 0 Å². The summed E-state index contributed by atoms with van der Waals surface area (Å²) in [6.07, 6.45) is 1.76. The summed E-state index contributed by atoms with van der Waals surface area (Å²) in [4.78, 5) is 24.3. The van der Waals surface area contributed by atoms with Gasteiger partial charge in [0.05, 0.1) is 11.0 Å². The lowest BCUT2D eigenvalue weighted by Crippen LogP contribution is -2.40. The Bertz CT molecular complexity index is 723. The van der Waals surface area contributed by atoms with E-state index in [0.717, 1.165) is 11.8 Å². The van der Waals surface area contributed by atoms with Gasteiger partial charge in [0.15, 0.2) is 0 Å². The standard InChI is InChI=1S/C16H18N4O4/c21-15(11-4-2-1-3-5-11)12-6-8-19(9-7-12)16(22)14-13(20(23)24)10-17-18-14/h1-5,10,12,15,21H,6-9H2,(H,17,18). The molecule has 0 spiro atoms. The molecule has 1 aliphatic heterocycles. The number of hydrogen-bond acceptors (Lipinski definition) is 5. The van der Waals surface area contributed by atoms with Crippen LogP contribution in [-0.2, 0) is 0 Å². The number of aliphatic hydroxyl groups excluding tert-OH is 1. The lowest BCUT2D eigenvalue weighted by molar-refractivity contribution is -0.385. The van der Waals surface area contributed by atoms with Crippen LogP contribution in [0, 0.1) is 16.0 Å². The Morgan fingerprint density at radius 1 is 1.33 bits per heavy atom. The molecule has 8 heteroatoms. The van der Waals surface area contributed by atoms with E-state index in [1.165, 1.54) is 0 Å². The number of rotatable bonds is 4. The van der Waals surface area contributed by atoms with Crippen LogP contribution in [0.4, 0.5) is 5.69 Å². The first-order chi connectivity index (χ1) is 11.6. The first-order valence-corrected chi connectivity index (χ1v) is 7.78. The molecule has 1 aromatic heterocycles. The molecule has 0 radical (unpaired) electrons. The van der Waals surface area contributed by atoms with Crippen molar-refractivity contribution in [3.05, 3.63) is 57.9 Å². The number of likely N-dealkylation sites (tertiary alicyclic amines) is 1. The lowest BCUT2D eigenvalue weighted by atomic mass is 9.87. The molecule has 3 rings (SSSR count). The molecule has 1 aliphatic rings. The van der Waals surface area contributed by atoms with Crippen molar-refractivity contribution in [2.45, 2.75) is 18.9 Å². The number of nitro groups is 1. The van der Waals surface area contributed by atoms with Crippen LogP contribution in [0.15, 0.2) is 36.5 Å². The van der Waals surface area contributed by atoms with E-state index in [-0.39, 0.29) is 17.3 Å². The molecule has 1 fully saturated rings. The smallest absolute Gasteiger partial charge is 0.319 e. The van der Waals surface area contributed by atoms with Crippen LogP contribution in [-0.4, -0.2) is 44.1 Å². The summed E-state index contributed by atoms with van der Waals surface area (Å²) in [6.45, 7) is 0.896. The van der Waals surface area contributed by atoms with Crippen molar-refractivity contribution < 1.29 is 14.8 Å². The van der Waals surface area contributed by atoms with E-state index in [0.29, 0.717) is 25.9 Å². The van der Waals surface area contributed by atoms with Crippen LogP contribution in [0.5, 0.6) is 0 Å². The summed E-state index contributed by atoms with van der Waals surface area (Å²) >= 11 is 0. The van der Waals surface area contributed by atoms with Gasteiger partial charge in [0.25, 0.3) is 5.91 Å². The molecule has 1 amide bonds. The van der Waals surface area contributed by atoms with Crippen molar-refractivity contribution in [3.63, 3.8) is 0 Å². The highest BCUT2D eigenvalue weighted by Crippen LogP contribution is 2.31. The summed E-state index contributed by atoms with van der Waals surface area (Å²) in [7, 11) is 0. The van der Waals surface area contributed by atoms with Gasteiger partial charge < -0.3 is 10.0 Å². The zero-order chi connectivity index (χ0) is 17.1. The third kappa shape index (κ3) is 3.13. The maximum absolute atomic E-state index is 12.4. The van der Waals surface area contributed by atoms with Gasteiger partial charge >= 0.3 is 5.69 Å². The number of piperidine rings is 1. The Labute approximate surface area is 138 Å². The van der Waals surface area contributed by atoms with Gasteiger partial charge in [-0.05, 0) is 24.3 Å². The summed E-state index contributed by atoms with van der Waals surface area (Å²) < 4.78 is 0. The second-order valence-corrected chi connectivity index (χ2v) is 5.87. The molecule has 0 aliphatic carbocycles. The van der Waals surface area contributed by atoms with Crippen molar-refractivity contribution >= 4 is 11.6 Å². The zero-order valence-corrected chi connectivity index (χ0v) is 13.0. The fourth-order valence-corrected chi connectivity index (χ4v) is 3.07. The van der Waals surface area contributed by atoms with Gasteiger partial charge in [-0.15, -0.1) is 0 Å². The number of nitrogens with zero attached hydrogens (tertiary/aromatic N) is 3. The number of aliphatic hydroxyl groups is 1. The number of aromatic nitrogens is 2. The second kappa shape index (κ2) is 6.79. The second-order valence-electron chi connectivity index (χ2n) is 5.87. The average molecular weight is 330 g/mol. The van der Waals surface area contributed by atoms with E-state index in [1.54, 1.807) is 4.90 Å². The molecule has 0 saturated carbocycles. The Morgan fingerprint density at radius 2 is 2.00 bits per heavy atom. The summed E-state index contributed by atoms with van der Waals surface area (Å²) in [5, 5.41) is 27.4. The summed E-state index contributed by atoms with van der Waals surface area (Å²) in [6, 6.07) is 9.43. The first-order valence-electron chi connectivity index (χ1n) is 7.78. The van der Waals surface area contributed by atoms with E-state index < -0.39 is 16.9 Å². The monoisotopic (exact) mass is 330 g/mol. The Morgan fingerprint density at radius 3 is 2.62 bits per heavy atom. The molecule has 0 bridgehead atoms. The molecule has 1 unspecified atom stereocenters. The van der Waals surface area contributed by atoms with E-state index in [9.17, 15) is 20.0 Å². The van der Waals surface area contributed by atoms with Crippen LogP contribution in [0.1, 0.15) is 35.0 Å². The van der Waals surface area contributed by atoms with E-state index >= 15 is 0 Å². The van der Waals surface area contributed by atoms with Crippen molar-refractivity contribution in [2.24, 2.45) is 5.92 Å². The number of benzene rings is 1. The van der Waals surface area contributed by atoms with E-state index in [2.05, 4.69) is 10.2 Å². The lowest BCUT2D eigenvalue weighted by Gasteiger charge is -2.34. The van der Waals surface area contributed by atoms with Crippen LogP contribution >= 0.6 is 0 Å². The third-order valence-corrected chi connectivity index (χ3v) is 4.44. The van der Waals surface area contributed by atoms with Gasteiger partial charge in [0.1, 0.15) is 6.20 Å². The average Bonchev–Trinajstić information content (AvgIpc) is 3.11. The van der Waals surface area contributed by atoms with Gasteiger partial charge in [-0.3, -0.25) is 20.0 Å². The van der Waals surface area contributed by atoms with Crippen LogP contribution < -0.4 is 0 Å². The molecule has 1 saturated heterocycles. The van der Waals surface area contributed by atoms with Gasteiger partial charge in [-0.1, -0.05) is 30.3 Å². The topological polar surface area (TPSA) is 112 Å². The highest BCUT2D eigenvalue weighted by atomic mass is 16.6. The van der Waals surface area contributed by atoms with Crippen LogP contribution in [0.25, 0.3) is 0 Å². The minimum Gasteiger partial charge on any atom is -0.388 e. The quantitative estimate of drug-likeness (QED) is 0.657. The third-order valence-electron chi connectivity index (χ3n) is 4.44. The molecule has 2 N–H and O–H groups in total. The molecular weight excluding hydrogens is 312 g/mol. The van der Waals surface area contributed by atoms with Crippen molar-refractivity contribution in [1.29, 1.82) is 0 Å². The summed E-state index contributed by atoms with van der Waals surface area (Å²) in [5.74, 6) is -0.361. The van der Waals surface area contributed by atoms with Gasteiger partial charge in [-0.2, -0.15) is 5.10 Å². The molecular formula is C16H18N4O4. The largest absolute Gasteiger partial charge is 0.388 e. The number of carbonyl (C=O) groups excluding carboxylic acids is 1. The van der Waals surface area contributed by atoms with Crippen molar-refractivity contribution in [1.82, 2.24) is 15.1 Å². The molecule has 126 valence electrons. The normalized spacial score (nSPS) is 16.8. The highest BCUT2D eigenvalue weighted by Gasteiger charge is 2.32. The molecule has 8 nitrogen and oxygen atoms in total. The van der Waals surface area contributed by atoms with Gasteiger partial charge in [0, 0.05) is 13.1 Å². The number of hydrogen-bond donors (Lipinski definition) is 2. The number of carbonyl (C=O) groups is 1. The Balaban J connectivity index is 1.64. The molecule has 2 aromatic rings. The van der Waals surface area contributed by atoms with Crippen molar-refractivity contribution in [3.8, 4) is 0 Å². The minimum atomic E-state index is -0.622. The number of aromatic amines is 1.